The fourth-order valence-electron chi connectivity index (χ4n) is 1.21. The van der Waals surface area contributed by atoms with E-state index in [0.717, 1.165) is 6.54 Å². The van der Waals surface area contributed by atoms with Crippen molar-refractivity contribution in [3.63, 3.8) is 0 Å². The molecule has 0 N–H and O–H groups in total. The van der Waals surface area contributed by atoms with Gasteiger partial charge in [0.2, 0.25) is 0 Å². The molecule has 0 bridgehead atoms. The van der Waals surface area contributed by atoms with Crippen molar-refractivity contribution >= 4 is 0 Å². The van der Waals surface area contributed by atoms with Crippen molar-refractivity contribution in [1.29, 1.82) is 0 Å². The van der Waals surface area contributed by atoms with Crippen LogP contribution < -0.4 is 51.4 Å². The van der Waals surface area contributed by atoms with Crippen LogP contribution in [0.1, 0.15) is 12.0 Å². The van der Waals surface area contributed by atoms with Crippen molar-refractivity contribution in [2.75, 3.05) is 13.1 Å². The van der Waals surface area contributed by atoms with Gasteiger partial charge in [0.05, 0.1) is 0 Å². The Hall–Kier alpha value is 0.676. The van der Waals surface area contributed by atoms with Gasteiger partial charge >= 0.3 is 51.4 Å². The normalized spacial score (nSPS) is 15.1. The minimum absolute atomic E-state index is 0. The second-order valence-electron chi connectivity index (χ2n) is 2.88. The fraction of sp³-hybridized carbons (Fsp3) is 0.444. The van der Waals surface area contributed by atoms with E-state index in [0.29, 0.717) is 0 Å². The molecule has 1 aromatic heterocycles. The molecule has 0 aromatic carbocycles. The van der Waals surface area contributed by atoms with Crippen molar-refractivity contribution in [1.82, 2.24) is 14.9 Å². The van der Waals surface area contributed by atoms with Crippen LogP contribution in [0.25, 0.3) is 0 Å². The first kappa shape index (κ1) is 13.7. The minimum atomic E-state index is 0. The third-order valence-corrected chi connectivity index (χ3v) is 1.97. The summed E-state index contributed by atoms with van der Waals surface area (Å²) in [5.74, 6) is 0. The summed E-state index contributed by atoms with van der Waals surface area (Å²) in [6.07, 6.45) is 6.67. The van der Waals surface area contributed by atoms with Gasteiger partial charge in [-0.1, -0.05) is 0 Å². The standard InChI is InChI=1S/C8H11N3.CH3.K/c1-2-11(3-1)6-8-4-9-7-10-5-8;;/h4-5,7H,1-3,6H2;1H3;/q;-1;+1. The van der Waals surface area contributed by atoms with E-state index in [4.69, 9.17) is 0 Å². The number of hydrogen-bond donors (Lipinski definition) is 0. The van der Waals surface area contributed by atoms with Gasteiger partial charge in [-0.2, -0.15) is 0 Å². The zero-order valence-corrected chi connectivity index (χ0v) is 11.5. The van der Waals surface area contributed by atoms with E-state index >= 15 is 0 Å². The second-order valence-corrected chi connectivity index (χ2v) is 2.88. The molecule has 0 saturated carbocycles. The molecule has 0 atom stereocenters. The Morgan fingerprint density at radius 2 is 1.85 bits per heavy atom. The molecule has 1 aliphatic rings. The van der Waals surface area contributed by atoms with Gasteiger partial charge in [0.15, 0.2) is 0 Å². The zero-order valence-electron chi connectivity index (χ0n) is 8.40. The number of nitrogens with zero attached hydrogens (tertiary/aromatic N) is 3. The van der Waals surface area contributed by atoms with E-state index in [-0.39, 0.29) is 58.8 Å². The maximum atomic E-state index is 3.96. The summed E-state index contributed by atoms with van der Waals surface area (Å²) in [5.41, 5.74) is 1.22. The van der Waals surface area contributed by atoms with Crippen molar-refractivity contribution in [2.24, 2.45) is 0 Å². The van der Waals surface area contributed by atoms with Gasteiger partial charge in [-0.3, -0.25) is 4.90 Å². The maximum absolute atomic E-state index is 3.96. The molecule has 1 aromatic rings. The van der Waals surface area contributed by atoms with Crippen LogP contribution in [0.2, 0.25) is 0 Å². The van der Waals surface area contributed by atoms with E-state index in [2.05, 4.69) is 14.9 Å². The molecule has 2 rings (SSSR count). The molecule has 3 nitrogen and oxygen atoms in total. The molecular formula is C9H14KN3. The number of hydrogen-bond acceptors (Lipinski definition) is 3. The van der Waals surface area contributed by atoms with E-state index in [9.17, 15) is 0 Å². The zero-order chi connectivity index (χ0) is 7.52. The Kier molecular flexibility index (Phi) is 7.40. The summed E-state index contributed by atoms with van der Waals surface area (Å²) in [6.45, 7) is 3.48. The molecule has 13 heavy (non-hydrogen) atoms. The monoisotopic (exact) mass is 203 g/mol. The topological polar surface area (TPSA) is 29.0 Å². The second kappa shape index (κ2) is 7.03. The van der Waals surface area contributed by atoms with Gasteiger partial charge in [-0.15, -0.1) is 0 Å². The maximum Gasteiger partial charge on any atom is 1.00 e. The predicted octanol–water partition coefficient (Wildman–Crippen LogP) is -1.86. The molecule has 0 amide bonds. The van der Waals surface area contributed by atoms with Crippen molar-refractivity contribution in [3.8, 4) is 0 Å². The molecule has 1 fully saturated rings. The first-order valence-corrected chi connectivity index (χ1v) is 3.91. The van der Waals surface area contributed by atoms with Gasteiger partial charge < -0.3 is 7.43 Å². The minimum Gasteiger partial charge on any atom is -0.358 e. The molecule has 0 aliphatic carbocycles. The summed E-state index contributed by atoms with van der Waals surface area (Å²) >= 11 is 0. The van der Waals surface area contributed by atoms with Crippen molar-refractivity contribution < 1.29 is 51.4 Å². The Bertz CT molecular complexity index is 224. The van der Waals surface area contributed by atoms with Crippen LogP contribution in [-0.4, -0.2) is 28.0 Å². The molecular weight excluding hydrogens is 189 g/mol. The van der Waals surface area contributed by atoms with Crippen molar-refractivity contribution in [3.05, 3.63) is 31.7 Å². The average molecular weight is 203 g/mol. The number of aromatic nitrogens is 2. The Morgan fingerprint density at radius 1 is 1.23 bits per heavy atom. The van der Waals surface area contributed by atoms with Crippen LogP contribution in [0.15, 0.2) is 18.7 Å². The molecule has 0 spiro atoms. The SMILES string of the molecule is [CH3-].[K+].c1ncc(CN2CCC2)cn1. The summed E-state index contributed by atoms with van der Waals surface area (Å²) < 4.78 is 0. The Balaban J connectivity index is 0.000000720. The van der Waals surface area contributed by atoms with Crippen LogP contribution in [-0.2, 0) is 6.54 Å². The van der Waals surface area contributed by atoms with Crippen molar-refractivity contribution in [2.45, 2.75) is 13.0 Å². The van der Waals surface area contributed by atoms with Gasteiger partial charge in [-0.05, 0) is 19.5 Å². The molecule has 0 radical (unpaired) electrons. The summed E-state index contributed by atoms with van der Waals surface area (Å²) in [4.78, 5) is 10.3. The first-order valence-electron chi connectivity index (χ1n) is 3.91. The van der Waals surface area contributed by atoms with Crippen LogP contribution >= 0.6 is 0 Å². The van der Waals surface area contributed by atoms with Crippen LogP contribution in [0.5, 0.6) is 0 Å². The first-order chi connectivity index (χ1) is 5.45. The Morgan fingerprint density at radius 3 is 2.31 bits per heavy atom. The quantitative estimate of drug-likeness (QED) is 0.417. The number of rotatable bonds is 2. The third kappa shape index (κ3) is 4.14. The van der Waals surface area contributed by atoms with Crippen LogP contribution in [0.4, 0.5) is 0 Å². The predicted molar refractivity (Wildman–Crippen MR) is 48.3 cm³/mol. The molecule has 1 saturated heterocycles. The van der Waals surface area contributed by atoms with Gasteiger partial charge in [0, 0.05) is 24.5 Å². The number of likely N-dealkylation sites (tertiary alicyclic amines) is 1. The van der Waals surface area contributed by atoms with Gasteiger partial charge in [-0.25, -0.2) is 9.97 Å². The van der Waals surface area contributed by atoms with Crippen LogP contribution in [0, 0.1) is 7.43 Å². The molecule has 2 heterocycles. The largest absolute Gasteiger partial charge is 1.00 e. The summed E-state index contributed by atoms with van der Waals surface area (Å²) in [7, 11) is 0. The third-order valence-electron chi connectivity index (χ3n) is 1.97. The van der Waals surface area contributed by atoms with E-state index in [1.54, 1.807) is 6.33 Å². The van der Waals surface area contributed by atoms with Crippen LogP contribution in [0.3, 0.4) is 0 Å². The smallest absolute Gasteiger partial charge is 0.358 e. The molecule has 0 unspecified atom stereocenters. The summed E-state index contributed by atoms with van der Waals surface area (Å²) in [6, 6.07) is 0. The van der Waals surface area contributed by atoms with Gasteiger partial charge in [0.25, 0.3) is 0 Å². The average Bonchev–Trinajstić information content (AvgIpc) is 1.99. The van der Waals surface area contributed by atoms with Gasteiger partial charge in [0.1, 0.15) is 6.33 Å². The fourth-order valence-corrected chi connectivity index (χ4v) is 1.21. The molecule has 66 valence electrons. The van der Waals surface area contributed by atoms with E-state index in [1.165, 1.54) is 25.1 Å². The molecule has 4 heteroatoms. The summed E-state index contributed by atoms with van der Waals surface area (Å²) in [5, 5.41) is 0. The van der Waals surface area contributed by atoms with E-state index < -0.39 is 0 Å². The Labute approximate surface area is 122 Å². The molecule has 1 aliphatic heterocycles. The van der Waals surface area contributed by atoms with E-state index in [1.807, 2.05) is 12.4 Å².